The van der Waals surface area contributed by atoms with Crippen molar-refractivity contribution in [1.82, 2.24) is 4.98 Å². The molecule has 0 aromatic carbocycles. The van der Waals surface area contributed by atoms with Crippen LogP contribution in [0, 0.1) is 11.3 Å². The Labute approximate surface area is 83.6 Å². The summed E-state index contributed by atoms with van der Waals surface area (Å²) < 4.78 is 24.5. The summed E-state index contributed by atoms with van der Waals surface area (Å²) in [4.78, 5) is 3.41. The lowest BCUT2D eigenvalue weighted by Gasteiger charge is -2.05. The lowest BCUT2D eigenvalue weighted by atomic mass is 10.2. The Kier molecular flexibility index (Phi) is 3.33. The van der Waals surface area contributed by atoms with E-state index in [9.17, 15) is 8.78 Å². The van der Waals surface area contributed by atoms with Gasteiger partial charge in [-0.15, -0.1) is 0 Å². The Balaban J connectivity index is 3.32. The number of aliphatic hydroxyl groups excluding tert-OH is 1. The zero-order chi connectivity index (χ0) is 10.7. The third kappa shape index (κ3) is 1.97. The van der Waals surface area contributed by atoms with Gasteiger partial charge in [-0.25, -0.2) is 13.8 Å². The quantitative estimate of drug-likeness (QED) is 0.826. The van der Waals surface area contributed by atoms with Crippen molar-refractivity contribution in [3.63, 3.8) is 0 Å². The predicted octanol–water partition coefficient (Wildman–Crippen LogP) is 2.04. The highest BCUT2D eigenvalue weighted by Crippen LogP contribution is 2.26. The molecule has 0 saturated carbocycles. The maximum atomic E-state index is 12.3. The molecule has 0 saturated heterocycles. The molecular weight excluding hydrogens is 214 g/mol. The first-order valence-corrected chi connectivity index (χ1v) is 3.96. The average molecular weight is 219 g/mol. The molecule has 0 aliphatic heterocycles. The number of nitriles is 1. The van der Waals surface area contributed by atoms with Crippen LogP contribution in [0.25, 0.3) is 0 Å². The first kappa shape index (κ1) is 10.8. The molecule has 1 rings (SSSR count). The van der Waals surface area contributed by atoms with Crippen molar-refractivity contribution in [3.8, 4) is 6.07 Å². The minimum atomic E-state index is -2.82. The van der Waals surface area contributed by atoms with Crippen molar-refractivity contribution in [2.75, 3.05) is 0 Å². The van der Waals surface area contributed by atoms with Gasteiger partial charge in [0, 0.05) is 0 Å². The molecule has 14 heavy (non-hydrogen) atoms. The second kappa shape index (κ2) is 4.31. The van der Waals surface area contributed by atoms with Crippen LogP contribution in [0.4, 0.5) is 8.78 Å². The molecule has 0 amide bonds. The topological polar surface area (TPSA) is 56.9 Å². The zero-order valence-corrected chi connectivity index (χ0v) is 7.59. The van der Waals surface area contributed by atoms with Crippen LogP contribution in [-0.2, 0) is 6.61 Å². The van der Waals surface area contributed by atoms with Gasteiger partial charge in [0.1, 0.15) is 11.8 Å². The van der Waals surface area contributed by atoms with Crippen molar-refractivity contribution in [2.45, 2.75) is 13.0 Å². The number of halogens is 3. The Hall–Kier alpha value is -1.25. The van der Waals surface area contributed by atoms with Gasteiger partial charge in [-0.2, -0.15) is 5.26 Å². The molecule has 0 aliphatic rings. The van der Waals surface area contributed by atoms with E-state index in [0.717, 1.165) is 6.07 Å². The molecule has 0 spiro atoms. The Morgan fingerprint density at radius 3 is 2.71 bits per heavy atom. The molecule has 1 aromatic rings. The van der Waals surface area contributed by atoms with Crippen molar-refractivity contribution in [3.05, 3.63) is 28.0 Å². The molecule has 0 atom stereocenters. The SMILES string of the molecule is N#Cc1cc(Cl)c(C(F)F)nc1CO. The number of hydrogen-bond donors (Lipinski definition) is 1. The Morgan fingerprint density at radius 2 is 2.29 bits per heavy atom. The molecule has 3 nitrogen and oxygen atoms in total. The lowest BCUT2D eigenvalue weighted by Crippen LogP contribution is -2.00. The van der Waals surface area contributed by atoms with Crippen molar-refractivity contribution in [1.29, 1.82) is 5.26 Å². The van der Waals surface area contributed by atoms with Crippen LogP contribution in [0.1, 0.15) is 23.4 Å². The summed E-state index contributed by atoms with van der Waals surface area (Å²) >= 11 is 5.46. The summed E-state index contributed by atoms with van der Waals surface area (Å²) in [6.45, 7) is -0.570. The van der Waals surface area contributed by atoms with Gasteiger partial charge in [0.2, 0.25) is 0 Å². The van der Waals surface area contributed by atoms with Crippen molar-refractivity contribution in [2.24, 2.45) is 0 Å². The van der Waals surface area contributed by atoms with E-state index in [4.69, 9.17) is 22.0 Å². The maximum Gasteiger partial charge on any atom is 0.281 e. The highest BCUT2D eigenvalue weighted by atomic mass is 35.5. The first-order chi connectivity index (χ1) is 6.60. The smallest absolute Gasteiger partial charge is 0.281 e. The van der Waals surface area contributed by atoms with Crippen LogP contribution < -0.4 is 0 Å². The maximum absolute atomic E-state index is 12.3. The summed E-state index contributed by atoms with van der Waals surface area (Å²) in [5, 5.41) is 17.0. The fourth-order valence-electron chi connectivity index (χ4n) is 0.913. The van der Waals surface area contributed by atoms with E-state index in [-0.39, 0.29) is 16.3 Å². The van der Waals surface area contributed by atoms with Crippen molar-refractivity contribution >= 4 is 11.6 Å². The summed E-state index contributed by atoms with van der Waals surface area (Å²) in [6.07, 6.45) is -2.82. The monoisotopic (exact) mass is 218 g/mol. The van der Waals surface area contributed by atoms with Gasteiger partial charge in [0.15, 0.2) is 0 Å². The van der Waals surface area contributed by atoms with Gasteiger partial charge in [-0.1, -0.05) is 11.6 Å². The molecule has 0 aliphatic carbocycles. The van der Waals surface area contributed by atoms with Gasteiger partial charge >= 0.3 is 0 Å². The second-order valence-corrected chi connectivity index (χ2v) is 2.83. The number of rotatable bonds is 2. The van der Waals surface area contributed by atoms with E-state index < -0.39 is 18.7 Å². The summed E-state index contributed by atoms with van der Waals surface area (Å²) in [5.41, 5.74) is -0.705. The summed E-state index contributed by atoms with van der Waals surface area (Å²) in [7, 11) is 0. The van der Waals surface area contributed by atoms with Gasteiger partial charge in [0.05, 0.1) is 22.9 Å². The van der Waals surface area contributed by atoms with Gasteiger partial charge < -0.3 is 5.11 Å². The van der Waals surface area contributed by atoms with E-state index in [2.05, 4.69) is 4.98 Å². The second-order valence-electron chi connectivity index (χ2n) is 2.42. The Bertz CT molecular complexity index is 389. The van der Waals surface area contributed by atoms with E-state index in [0.29, 0.717) is 0 Å². The lowest BCUT2D eigenvalue weighted by molar-refractivity contribution is 0.145. The fraction of sp³-hybridized carbons (Fsp3) is 0.250. The molecule has 0 fully saturated rings. The van der Waals surface area contributed by atoms with Gasteiger partial charge in [-0.05, 0) is 6.07 Å². The van der Waals surface area contributed by atoms with Gasteiger partial charge in [-0.3, -0.25) is 0 Å². The number of pyridine rings is 1. The van der Waals surface area contributed by atoms with Crippen LogP contribution in [0.5, 0.6) is 0 Å². The first-order valence-electron chi connectivity index (χ1n) is 3.58. The number of hydrogen-bond acceptors (Lipinski definition) is 3. The molecule has 0 radical (unpaired) electrons. The van der Waals surface area contributed by atoms with Crippen LogP contribution in [0.15, 0.2) is 6.07 Å². The minimum Gasteiger partial charge on any atom is -0.390 e. The van der Waals surface area contributed by atoms with Crippen LogP contribution in [0.3, 0.4) is 0 Å². The van der Waals surface area contributed by atoms with Crippen LogP contribution in [-0.4, -0.2) is 10.1 Å². The van der Waals surface area contributed by atoms with E-state index in [1.54, 1.807) is 6.07 Å². The number of aliphatic hydroxyl groups is 1. The minimum absolute atomic E-state index is 0.00176. The number of nitrogens with zero attached hydrogens (tertiary/aromatic N) is 2. The molecule has 1 N–H and O–H groups in total. The summed E-state index contributed by atoms with van der Waals surface area (Å²) in [6, 6.07) is 2.77. The number of alkyl halides is 2. The molecule has 6 heteroatoms. The molecule has 74 valence electrons. The van der Waals surface area contributed by atoms with Crippen LogP contribution in [0.2, 0.25) is 5.02 Å². The molecule has 0 bridgehead atoms. The third-order valence-corrected chi connectivity index (χ3v) is 1.86. The van der Waals surface area contributed by atoms with Crippen molar-refractivity contribution < 1.29 is 13.9 Å². The highest BCUT2D eigenvalue weighted by Gasteiger charge is 2.17. The molecule has 0 unspecified atom stereocenters. The molecular formula is C8H5ClF2N2O. The van der Waals surface area contributed by atoms with E-state index in [1.165, 1.54) is 0 Å². The molecule has 1 heterocycles. The third-order valence-electron chi connectivity index (χ3n) is 1.56. The summed E-state index contributed by atoms with van der Waals surface area (Å²) in [5.74, 6) is 0. The standard InChI is InChI=1S/C8H5ClF2N2O/c9-5-1-4(2-12)6(3-14)13-7(5)8(10)11/h1,8,14H,3H2. The van der Waals surface area contributed by atoms with E-state index in [1.807, 2.05) is 0 Å². The zero-order valence-electron chi connectivity index (χ0n) is 6.84. The van der Waals surface area contributed by atoms with Gasteiger partial charge in [0.25, 0.3) is 6.43 Å². The normalized spacial score (nSPS) is 10.3. The Morgan fingerprint density at radius 1 is 1.64 bits per heavy atom. The van der Waals surface area contributed by atoms with Crippen LogP contribution >= 0.6 is 11.6 Å². The predicted molar refractivity (Wildman–Crippen MR) is 44.8 cm³/mol. The molecule has 1 aromatic heterocycles. The number of aromatic nitrogens is 1. The highest BCUT2D eigenvalue weighted by molar-refractivity contribution is 6.31. The largest absolute Gasteiger partial charge is 0.390 e. The average Bonchev–Trinajstić information content (AvgIpc) is 2.16. The fourth-order valence-corrected chi connectivity index (χ4v) is 1.15. The van der Waals surface area contributed by atoms with E-state index >= 15 is 0 Å².